The Balaban J connectivity index is 2.26. The van der Waals surface area contributed by atoms with Crippen molar-refractivity contribution < 1.29 is 10.2 Å². The number of para-hydroxylation sites is 1. The Morgan fingerprint density at radius 1 is 1.07 bits per heavy atom. The lowest BCUT2D eigenvalue weighted by molar-refractivity contribution is 0.440. The zero-order chi connectivity index (χ0) is 20.8. The molecule has 7 heteroatoms. The number of phenolic OH excluding ortho intramolecular Hbond substituents is 1. The molecule has 0 bridgehead atoms. The van der Waals surface area contributed by atoms with Crippen molar-refractivity contribution in [2.45, 2.75) is 4.90 Å². The highest BCUT2D eigenvalue weighted by Crippen LogP contribution is 2.30. The molecule has 0 amide bonds. The predicted molar refractivity (Wildman–Crippen MR) is 114 cm³/mol. The first-order valence-corrected chi connectivity index (χ1v) is 9.27. The molecule has 1 aromatic heterocycles. The van der Waals surface area contributed by atoms with E-state index in [4.69, 9.17) is 5.26 Å². The lowest BCUT2D eigenvalue weighted by atomic mass is 10.1. The van der Waals surface area contributed by atoms with Crippen LogP contribution in [0.15, 0.2) is 84.5 Å². The van der Waals surface area contributed by atoms with Crippen molar-refractivity contribution in [3.63, 3.8) is 0 Å². The number of thioether (sulfide) groups is 1. The number of hydrogen-bond acceptors (Lipinski definition) is 7. The molecule has 29 heavy (non-hydrogen) atoms. The standard InChI is InChI=1S/C22H16N4O2S/c1-3-7-17(14(2)27)21-24-20(15-8-6-9-16(12-15)29-13-23)25-22(26-21)18-10-4-5-11-19(18)28/h3-12,27-28H,1-2H2/b17-7+. The highest BCUT2D eigenvalue weighted by molar-refractivity contribution is 8.03. The summed E-state index contributed by atoms with van der Waals surface area (Å²) in [6.07, 6.45) is 3.03. The molecule has 0 saturated heterocycles. The molecule has 0 spiro atoms. The maximum Gasteiger partial charge on any atom is 0.167 e. The first-order chi connectivity index (χ1) is 14.0. The number of rotatable bonds is 6. The SMILES string of the molecule is C=C/C=C(\C(=C)O)c1nc(-c2cccc(SC#N)c2)nc(-c2ccccc2O)n1. The van der Waals surface area contributed by atoms with Crippen LogP contribution in [0.25, 0.3) is 28.3 Å². The van der Waals surface area contributed by atoms with Crippen molar-refractivity contribution in [1.29, 1.82) is 5.26 Å². The van der Waals surface area contributed by atoms with E-state index in [-0.39, 0.29) is 28.7 Å². The van der Waals surface area contributed by atoms with Crippen LogP contribution in [0, 0.1) is 10.7 Å². The van der Waals surface area contributed by atoms with Gasteiger partial charge in [-0.05, 0) is 42.1 Å². The van der Waals surface area contributed by atoms with Crippen molar-refractivity contribution in [2.24, 2.45) is 0 Å². The second kappa shape index (κ2) is 8.87. The number of benzene rings is 2. The molecule has 3 rings (SSSR count). The third-order valence-electron chi connectivity index (χ3n) is 3.87. The zero-order valence-corrected chi connectivity index (χ0v) is 16.1. The number of aromatic hydroxyl groups is 1. The summed E-state index contributed by atoms with van der Waals surface area (Å²) in [7, 11) is 0. The van der Waals surface area contributed by atoms with E-state index < -0.39 is 0 Å². The van der Waals surface area contributed by atoms with Gasteiger partial charge in [0.1, 0.15) is 16.9 Å². The number of phenols is 1. The van der Waals surface area contributed by atoms with Crippen molar-refractivity contribution in [1.82, 2.24) is 15.0 Å². The summed E-state index contributed by atoms with van der Waals surface area (Å²) in [4.78, 5) is 14.1. The van der Waals surface area contributed by atoms with Gasteiger partial charge in [0.05, 0.1) is 11.1 Å². The van der Waals surface area contributed by atoms with Gasteiger partial charge >= 0.3 is 0 Å². The fraction of sp³-hybridized carbons (Fsp3) is 0. The van der Waals surface area contributed by atoms with Gasteiger partial charge in [0.15, 0.2) is 17.5 Å². The molecule has 142 valence electrons. The number of thiocyanates is 1. The van der Waals surface area contributed by atoms with Crippen molar-refractivity contribution in [3.05, 3.63) is 85.4 Å². The maximum absolute atomic E-state index is 10.2. The molecule has 6 nitrogen and oxygen atoms in total. The second-order valence-corrected chi connectivity index (χ2v) is 6.67. The Labute approximate surface area is 172 Å². The van der Waals surface area contributed by atoms with E-state index >= 15 is 0 Å². The van der Waals surface area contributed by atoms with Crippen LogP contribution in [0.3, 0.4) is 0 Å². The number of aliphatic hydroxyl groups is 1. The first kappa shape index (κ1) is 19.9. The lowest BCUT2D eigenvalue weighted by Gasteiger charge is -2.10. The van der Waals surface area contributed by atoms with Gasteiger partial charge in [-0.2, -0.15) is 5.26 Å². The van der Waals surface area contributed by atoms with Crippen LogP contribution in [0.5, 0.6) is 5.75 Å². The molecular weight excluding hydrogens is 384 g/mol. The third kappa shape index (κ3) is 4.51. The van der Waals surface area contributed by atoms with Gasteiger partial charge in [-0.1, -0.05) is 43.5 Å². The quantitative estimate of drug-likeness (QED) is 0.256. The summed E-state index contributed by atoms with van der Waals surface area (Å²) in [5.41, 5.74) is 1.36. The first-order valence-electron chi connectivity index (χ1n) is 8.45. The van der Waals surface area contributed by atoms with Crippen molar-refractivity contribution >= 4 is 17.3 Å². The average Bonchev–Trinajstić information content (AvgIpc) is 2.72. The molecule has 2 aromatic carbocycles. The molecule has 0 aliphatic carbocycles. The van der Waals surface area contributed by atoms with E-state index in [9.17, 15) is 10.2 Å². The highest BCUT2D eigenvalue weighted by atomic mass is 32.2. The summed E-state index contributed by atoms with van der Waals surface area (Å²) in [6, 6.07) is 13.9. The molecule has 0 aliphatic rings. The van der Waals surface area contributed by atoms with Crippen molar-refractivity contribution in [3.8, 4) is 33.9 Å². The van der Waals surface area contributed by atoms with E-state index in [1.165, 1.54) is 18.2 Å². The topological polar surface area (TPSA) is 103 Å². The minimum Gasteiger partial charge on any atom is -0.508 e. The molecule has 0 saturated carbocycles. The number of aliphatic hydroxyl groups excluding tert-OH is 1. The van der Waals surface area contributed by atoms with Crippen LogP contribution in [0.2, 0.25) is 0 Å². The number of aromatic nitrogens is 3. The summed E-state index contributed by atoms with van der Waals surface area (Å²) in [5.74, 6) is 0.530. The molecule has 0 radical (unpaired) electrons. The van der Waals surface area contributed by atoms with Gasteiger partial charge < -0.3 is 10.2 Å². The van der Waals surface area contributed by atoms with Crippen LogP contribution in [0.4, 0.5) is 0 Å². The van der Waals surface area contributed by atoms with Crippen LogP contribution in [0.1, 0.15) is 5.82 Å². The Morgan fingerprint density at radius 2 is 1.83 bits per heavy atom. The summed E-state index contributed by atoms with van der Waals surface area (Å²) in [5, 5.41) is 31.2. The molecule has 0 atom stereocenters. The van der Waals surface area contributed by atoms with E-state index in [0.717, 1.165) is 16.7 Å². The summed E-state index contributed by atoms with van der Waals surface area (Å²) < 4.78 is 0. The van der Waals surface area contributed by atoms with Gasteiger partial charge in [-0.25, -0.2) is 15.0 Å². The molecule has 0 unspecified atom stereocenters. The van der Waals surface area contributed by atoms with E-state index in [1.54, 1.807) is 36.4 Å². The molecule has 1 heterocycles. The van der Waals surface area contributed by atoms with Gasteiger partial charge in [-0.15, -0.1) is 0 Å². The predicted octanol–water partition coefficient (Wildman–Crippen LogP) is 5.13. The number of hydrogen-bond donors (Lipinski definition) is 2. The van der Waals surface area contributed by atoms with Crippen LogP contribution in [-0.4, -0.2) is 25.2 Å². The monoisotopic (exact) mass is 400 g/mol. The normalized spacial score (nSPS) is 10.9. The highest BCUT2D eigenvalue weighted by Gasteiger charge is 2.16. The van der Waals surface area contributed by atoms with E-state index in [0.29, 0.717) is 17.0 Å². The smallest absolute Gasteiger partial charge is 0.167 e. The van der Waals surface area contributed by atoms with E-state index in [1.807, 2.05) is 11.5 Å². The Kier molecular flexibility index (Phi) is 6.07. The Morgan fingerprint density at radius 3 is 2.52 bits per heavy atom. The van der Waals surface area contributed by atoms with Crippen LogP contribution >= 0.6 is 11.8 Å². The number of nitrogens with zero attached hydrogens (tertiary/aromatic N) is 4. The third-order valence-corrected chi connectivity index (χ3v) is 4.45. The lowest BCUT2D eigenvalue weighted by Crippen LogP contribution is -2.04. The van der Waals surface area contributed by atoms with Gasteiger partial charge in [0, 0.05) is 10.5 Å². The summed E-state index contributed by atoms with van der Waals surface area (Å²) >= 11 is 1.03. The zero-order valence-electron chi connectivity index (χ0n) is 15.3. The maximum atomic E-state index is 10.2. The van der Waals surface area contributed by atoms with Gasteiger partial charge in [-0.3, -0.25) is 0 Å². The molecule has 0 aliphatic heterocycles. The van der Waals surface area contributed by atoms with Crippen LogP contribution < -0.4 is 0 Å². The molecule has 0 fully saturated rings. The number of nitriles is 1. The van der Waals surface area contributed by atoms with Gasteiger partial charge in [0.25, 0.3) is 0 Å². The molecule has 3 aromatic rings. The fourth-order valence-corrected chi connectivity index (χ4v) is 3.02. The Hall–Kier alpha value is -3.89. The molecular formula is C22H16N4O2S. The second-order valence-electron chi connectivity index (χ2n) is 5.81. The van der Waals surface area contributed by atoms with Crippen LogP contribution in [-0.2, 0) is 0 Å². The van der Waals surface area contributed by atoms with E-state index in [2.05, 4.69) is 28.1 Å². The summed E-state index contributed by atoms with van der Waals surface area (Å²) in [6.45, 7) is 7.20. The largest absolute Gasteiger partial charge is 0.508 e. The van der Waals surface area contributed by atoms with Gasteiger partial charge in [0.2, 0.25) is 0 Å². The minimum absolute atomic E-state index is 0.0152. The van der Waals surface area contributed by atoms with Crippen molar-refractivity contribution in [2.75, 3.05) is 0 Å². The average molecular weight is 400 g/mol. The molecule has 2 N–H and O–H groups in total. The Bertz CT molecular complexity index is 1170. The minimum atomic E-state index is -0.223. The fourth-order valence-electron chi connectivity index (χ4n) is 2.58. The number of allylic oxidation sites excluding steroid dienone is 3.